The van der Waals surface area contributed by atoms with Crippen molar-refractivity contribution >= 4 is 22.5 Å². The van der Waals surface area contributed by atoms with Gasteiger partial charge in [-0.15, -0.1) is 4.68 Å². The minimum absolute atomic E-state index is 0. The van der Waals surface area contributed by atoms with Crippen LogP contribution in [0.1, 0.15) is 12.5 Å². The zero-order valence-corrected chi connectivity index (χ0v) is 14.6. The van der Waals surface area contributed by atoms with Crippen molar-refractivity contribution in [3.63, 3.8) is 0 Å². The van der Waals surface area contributed by atoms with E-state index in [1.807, 2.05) is 54.6 Å². The van der Waals surface area contributed by atoms with Gasteiger partial charge in [0.25, 0.3) is 0 Å². The van der Waals surface area contributed by atoms with Crippen molar-refractivity contribution in [2.75, 3.05) is 12.0 Å². The summed E-state index contributed by atoms with van der Waals surface area (Å²) in [6.07, 6.45) is 0.310. The number of hydrazine groups is 1. The van der Waals surface area contributed by atoms with Crippen LogP contribution in [0.15, 0.2) is 54.6 Å². The number of nitrogens with one attached hydrogen (secondary N) is 2. The Labute approximate surface area is 156 Å². The minimum Gasteiger partial charge on any atom is -1.00 e. The van der Waals surface area contributed by atoms with Crippen LogP contribution in [0.25, 0.3) is 22.0 Å². The van der Waals surface area contributed by atoms with Crippen LogP contribution < -0.4 is 27.9 Å². The Morgan fingerprint density at radius 1 is 1.00 bits per heavy atom. The lowest BCUT2D eigenvalue weighted by Crippen LogP contribution is -3.00. The largest absolute Gasteiger partial charge is 1.00 e. The molecule has 1 aliphatic rings. The fourth-order valence-electron chi connectivity index (χ4n) is 3.08. The lowest BCUT2D eigenvalue weighted by molar-refractivity contribution is -0.753. The maximum atomic E-state index is 12.2. The zero-order chi connectivity index (χ0) is 16.5. The van der Waals surface area contributed by atoms with Gasteiger partial charge in [-0.1, -0.05) is 53.6 Å². The highest BCUT2D eigenvalue weighted by Gasteiger charge is 2.36. The maximum Gasteiger partial charge on any atom is 0.327 e. The van der Waals surface area contributed by atoms with Gasteiger partial charge in [0.05, 0.1) is 5.39 Å². The van der Waals surface area contributed by atoms with E-state index in [0.29, 0.717) is 6.42 Å². The van der Waals surface area contributed by atoms with Crippen LogP contribution in [0, 0.1) is 0 Å². The van der Waals surface area contributed by atoms with Crippen molar-refractivity contribution in [3.05, 3.63) is 54.6 Å². The number of benzene rings is 2. The van der Waals surface area contributed by atoms with Crippen LogP contribution in [-0.4, -0.2) is 28.2 Å². The molecule has 1 aromatic heterocycles. The Bertz CT molecular complexity index is 921. The summed E-state index contributed by atoms with van der Waals surface area (Å²) in [6.45, 7) is -0.0836. The van der Waals surface area contributed by atoms with Crippen molar-refractivity contribution in [3.8, 4) is 11.3 Å². The molecule has 1 unspecified atom stereocenters. The maximum absolute atomic E-state index is 12.2. The molecular weight excluding hydrogens is 356 g/mol. The van der Waals surface area contributed by atoms with Gasteiger partial charge in [-0.25, -0.2) is 0 Å². The van der Waals surface area contributed by atoms with Crippen LogP contribution in [0.4, 0.5) is 5.82 Å². The molecule has 1 aliphatic heterocycles. The molecule has 0 fully saturated rings. The van der Waals surface area contributed by atoms with E-state index in [2.05, 4.69) is 10.9 Å². The molecule has 136 valence electrons. The summed E-state index contributed by atoms with van der Waals surface area (Å²) in [4.78, 5) is 12.2. The van der Waals surface area contributed by atoms with Crippen molar-refractivity contribution < 1.29 is 32.5 Å². The van der Waals surface area contributed by atoms with Crippen molar-refractivity contribution in [2.45, 2.75) is 12.5 Å². The summed E-state index contributed by atoms with van der Waals surface area (Å²) in [5.41, 5.74) is 7.40. The zero-order valence-electron chi connectivity index (χ0n) is 13.8. The summed E-state index contributed by atoms with van der Waals surface area (Å²) in [7, 11) is 0. The second-order valence-corrected chi connectivity index (χ2v) is 5.70. The predicted molar refractivity (Wildman–Crippen MR) is 93.5 cm³/mol. The number of carbonyl (C=O) groups is 1. The van der Waals surface area contributed by atoms with E-state index in [-0.39, 0.29) is 30.4 Å². The molecule has 0 aliphatic carbocycles. The van der Waals surface area contributed by atoms with E-state index in [1.165, 1.54) is 0 Å². The highest BCUT2D eigenvalue weighted by Crippen LogP contribution is 2.30. The van der Waals surface area contributed by atoms with Gasteiger partial charge in [-0.2, -0.15) is 10.9 Å². The van der Waals surface area contributed by atoms with Gasteiger partial charge in [-0.3, -0.25) is 4.79 Å². The van der Waals surface area contributed by atoms with E-state index in [0.717, 1.165) is 27.8 Å². The third-order valence-electron chi connectivity index (χ3n) is 4.23. The number of anilines is 1. The molecule has 26 heavy (non-hydrogen) atoms. The third kappa shape index (κ3) is 3.20. The topological polar surface area (TPSA) is 110 Å². The Hall–Kier alpha value is -2.74. The molecule has 7 nitrogen and oxygen atoms in total. The molecule has 0 radical (unpaired) electrons. The number of hydrogen-bond donors (Lipinski definition) is 3. The number of aromatic nitrogens is 2. The summed E-state index contributed by atoms with van der Waals surface area (Å²) in [6, 6.07) is 17.3. The first kappa shape index (κ1) is 19.6. The van der Waals surface area contributed by atoms with E-state index in [1.54, 1.807) is 4.68 Å². The fourth-order valence-corrected chi connectivity index (χ4v) is 3.08. The average Bonchev–Trinajstić information content (AvgIpc) is 2.64. The number of aliphatic hydroxyl groups is 1. The smallest absolute Gasteiger partial charge is 0.327 e. The highest BCUT2D eigenvalue weighted by molar-refractivity contribution is 5.99. The monoisotopic (exact) mass is 374 g/mol. The van der Waals surface area contributed by atoms with E-state index < -0.39 is 6.04 Å². The average molecular weight is 375 g/mol. The molecule has 4 rings (SSSR count). The third-order valence-corrected chi connectivity index (χ3v) is 4.23. The molecule has 1 amide bonds. The summed E-state index contributed by atoms with van der Waals surface area (Å²) in [5.74, 6) is 0.520. The van der Waals surface area contributed by atoms with Crippen LogP contribution in [0.3, 0.4) is 0 Å². The number of nitrogens with zero attached hydrogens (tertiary/aromatic N) is 2. The van der Waals surface area contributed by atoms with Gasteiger partial charge >= 0.3 is 11.7 Å². The van der Waals surface area contributed by atoms with Gasteiger partial charge in [0.1, 0.15) is 5.69 Å². The first-order valence-corrected chi connectivity index (χ1v) is 7.86. The second-order valence-electron chi connectivity index (χ2n) is 5.70. The highest BCUT2D eigenvalue weighted by atomic mass is 35.5. The van der Waals surface area contributed by atoms with Crippen molar-refractivity contribution in [1.29, 1.82) is 0 Å². The Morgan fingerprint density at radius 3 is 2.35 bits per heavy atom. The first-order valence-electron chi connectivity index (χ1n) is 7.86. The standard InChI is InChI=1S/C18H16N4O2.ClH.H2O/c23-11-10-15-18(24)20-19-17-14-9-5-4-8-13(14)16(21-22(15)17)12-6-2-1-3-7-12;;/h1-9,15,23H,10-11H2,(H,20,21,24);1H;1H2. The molecular formula is C18H19ClN4O3. The normalized spacial score (nSPS) is 15.1. The molecule has 0 saturated carbocycles. The van der Waals surface area contributed by atoms with Crippen LogP contribution >= 0.6 is 0 Å². The molecule has 0 bridgehead atoms. The summed E-state index contributed by atoms with van der Waals surface area (Å²) in [5, 5.41) is 16.0. The number of fused-ring (bicyclic) bond motifs is 3. The van der Waals surface area contributed by atoms with Gasteiger partial charge < -0.3 is 23.0 Å². The fraction of sp³-hybridized carbons (Fsp3) is 0.167. The number of halogens is 1. The number of hydrogen-bond acceptors (Lipinski definition) is 4. The molecule has 5 N–H and O–H groups in total. The lowest BCUT2D eigenvalue weighted by atomic mass is 10.0. The Morgan fingerprint density at radius 2 is 1.65 bits per heavy atom. The van der Waals surface area contributed by atoms with Crippen molar-refractivity contribution in [2.24, 2.45) is 0 Å². The van der Waals surface area contributed by atoms with E-state index >= 15 is 0 Å². The number of aliphatic hydroxyl groups excluding tert-OH is 1. The lowest BCUT2D eigenvalue weighted by Gasteiger charge is -2.21. The SMILES string of the molecule is O.O=C1NNc2c3ccccc3c(-c3ccccc3)n[n+]2C1CCO.[Cl-]. The van der Waals surface area contributed by atoms with E-state index in [4.69, 9.17) is 5.10 Å². The van der Waals surface area contributed by atoms with Gasteiger partial charge in [0.2, 0.25) is 6.04 Å². The Balaban J connectivity index is 0.00000121. The molecule has 0 spiro atoms. The molecule has 3 aromatic rings. The first-order chi connectivity index (χ1) is 11.8. The van der Waals surface area contributed by atoms with Gasteiger partial charge in [-0.05, 0) is 6.07 Å². The quantitative estimate of drug-likeness (QED) is 0.450. The van der Waals surface area contributed by atoms with Gasteiger partial charge in [0.15, 0.2) is 0 Å². The molecule has 1 atom stereocenters. The minimum atomic E-state index is -0.543. The van der Waals surface area contributed by atoms with Crippen LogP contribution in [0.2, 0.25) is 0 Å². The molecule has 8 heteroatoms. The number of amides is 1. The molecule has 0 saturated heterocycles. The second kappa shape index (κ2) is 8.09. The van der Waals surface area contributed by atoms with Crippen LogP contribution in [-0.2, 0) is 4.79 Å². The summed E-state index contributed by atoms with van der Waals surface area (Å²) >= 11 is 0. The van der Waals surface area contributed by atoms with Crippen LogP contribution in [0.5, 0.6) is 0 Å². The number of carbonyl (C=O) groups excluding carboxylic acids is 1. The molecule has 2 heterocycles. The predicted octanol–water partition coefficient (Wildman–Crippen LogP) is -2.25. The Kier molecular flexibility index (Phi) is 6.10. The van der Waals surface area contributed by atoms with Crippen molar-refractivity contribution in [1.82, 2.24) is 10.5 Å². The summed E-state index contributed by atoms with van der Waals surface area (Å²) < 4.78 is 1.68. The van der Waals surface area contributed by atoms with E-state index in [9.17, 15) is 9.90 Å². The number of rotatable bonds is 3. The molecule has 2 aromatic carbocycles. The van der Waals surface area contributed by atoms with Gasteiger partial charge in [0, 0.05) is 24.0 Å².